The molecule has 2 aromatic heterocycles. The summed E-state index contributed by atoms with van der Waals surface area (Å²) in [7, 11) is 0. The summed E-state index contributed by atoms with van der Waals surface area (Å²) in [6.45, 7) is -0.550. The van der Waals surface area contributed by atoms with Crippen LogP contribution in [0.1, 0.15) is 6.23 Å². The number of anilines is 1. The highest BCUT2D eigenvalue weighted by Crippen LogP contribution is 2.44. The third-order valence-electron chi connectivity index (χ3n) is 3.75. The number of hydrogen-bond acceptors (Lipinski definition) is 6. The Morgan fingerprint density at radius 2 is 2.39 bits per heavy atom. The summed E-state index contributed by atoms with van der Waals surface area (Å²) < 4.78 is 20.6. The van der Waals surface area contributed by atoms with Gasteiger partial charge in [-0.25, -0.2) is 4.39 Å². The maximum Gasteiger partial charge on any atom is 0.264 e. The number of aliphatic hydroxyl groups excluding tert-OH is 2. The number of nitrogens with one attached hydrogen (secondary N) is 1. The average Bonchev–Trinajstić information content (AvgIpc) is 2.95. The third kappa shape index (κ3) is 2.11. The lowest BCUT2D eigenvalue weighted by Gasteiger charge is -2.25. The van der Waals surface area contributed by atoms with Gasteiger partial charge in [-0.1, -0.05) is 17.5 Å². The Hall–Kier alpha value is -2.12. The molecule has 122 valence electrons. The Morgan fingerprint density at radius 1 is 1.70 bits per heavy atom. The molecule has 1 fully saturated rings. The summed E-state index contributed by atoms with van der Waals surface area (Å²) in [4.78, 5) is 16.1. The standard InChI is InChI=1S/C13H12ClFN4O4/c1-2-13(14)8(21)6(4-20)23-11(13)19-3-5(15)7-9(19)17-12(16)18-10(7)22/h1,3,6,8,11,20-21H,4H2,(H3,16,17,18,22)/t6-,8?,11-,13?/m1/s1. The third-order valence-corrected chi connectivity index (χ3v) is 4.27. The van der Waals surface area contributed by atoms with Gasteiger partial charge in [-0.2, -0.15) is 4.98 Å². The molecule has 0 amide bonds. The van der Waals surface area contributed by atoms with E-state index in [1.54, 1.807) is 0 Å². The molecular weight excluding hydrogens is 331 g/mol. The molecule has 0 spiro atoms. The first-order valence-corrected chi connectivity index (χ1v) is 6.88. The van der Waals surface area contributed by atoms with Crippen molar-refractivity contribution in [2.75, 3.05) is 12.3 Å². The summed E-state index contributed by atoms with van der Waals surface area (Å²) in [5, 5.41) is 19.1. The lowest BCUT2D eigenvalue weighted by Crippen LogP contribution is -2.41. The van der Waals surface area contributed by atoms with Crippen LogP contribution in [-0.4, -0.2) is 48.4 Å². The van der Waals surface area contributed by atoms with Crippen molar-refractivity contribution in [2.24, 2.45) is 0 Å². The molecule has 1 aliphatic heterocycles. The summed E-state index contributed by atoms with van der Waals surface area (Å²) >= 11 is 6.26. The monoisotopic (exact) mass is 342 g/mol. The van der Waals surface area contributed by atoms with Gasteiger partial charge in [0.2, 0.25) is 5.95 Å². The number of fused-ring (bicyclic) bond motifs is 1. The summed E-state index contributed by atoms with van der Waals surface area (Å²) in [6.07, 6.45) is 2.57. The highest BCUT2D eigenvalue weighted by atomic mass is 35.5. The van der Waals surface area contributed by atoms with E-state index in [2.05, 4.69) is 15.9 Å². The maximum absolute atomic E-state index is 14.1. The first-order valence-electron chi connectivity index (χ1n) is 6.50. The number of nitrogens with two attached hydrogens (primary N) is 1. The van der Waals surface area contributed by atoms with Crippen molar-refractivity contribution >= 4 is 28.6 Å². The molecule has 1 saturated heterocycles. The minimum atomic E-state index is -1.79. The number of H-pyrrole nitrogens is 1. The highest BCUT2D eigenvalue weighted by Gasteiger charge is 2.55. The largest absolute Gasteiger partial charge is 0.394 e. The predicted octanol–water partition coefficient (Wildman–Crippen LogP) is -0.693. The lowest BCUT2D eigenvalue weighted by atomic mass is 9.99. The molecule has 0 aliphatic carbocycles. The first kappa shape index (κ1) is 15.8. The van der Waals surface area contributed by atoms with Crippen molar-refractivity contribution in [3.05, 3.63) is 22.4 Å². The fourth-order valence-corrected chi connectivity index (χ4v) is 2.93. The smallest absolute Gasteiger partial charge is 0.264 e. The number of aromatic nitrogens is 3. The maximum atomic E-state index is 14.1. The number of terminal acetylenes is 1. The number of nitrogen functional groups attached to an aromatic ring is 1. The molecule has 2 aromatic rings. The molecule has 0 radical (unpaired) electrons. The highest BCUT2D eigenvalue weighted by molar-refractivity contribution is 6.27. The average molecular weight is 343 g/mol. The first-order chi connectivity index (χ1) is 10.8. The Labute approximate surface area is 133 Å². The van der Waals surface area contributed by atoms with Gasteiger partial charge in [0, 0.05) is 6.20 Å². The molecule has 10 heteroatoms. The van der Waals surface area contributed by atoms with Crippen LogP contribution < -0.4 is 11.3 Å². The van der Waals surface area contributed by atoms with Gasteiger partial charge < -0.3 is 20.7 Å². The van der Waals surface area contributed by atoms with Gasteiger partial charge in [0.05, 0.1) is 6.61 Å². The minimum absolute atomic E-state index is 0.139. The van der Waals surface area contributed by atoms with E-state index in [0.717, 1.165) is 10.8 Å². The Kier molecular flexibility index (Phi) is 3.57. The van der Waals surface area contributed by atoms with E-state index < -0.39 is 41.3 Å². The van der Waals surface area contributed by atoms with Crippen molar-refractivity contribution in [1.29, 1.82) is 0 Å². The lowest BCUT2D eigenvalue weighted by molar-refractivity contribution is -0.0436. The number of ether oxygens (including phenoxy) is 1. The molecule has 0 aromatic carbocycles. The van der Waals surface area contributed by atoms with Crippen molar-refractivity contribution < 1.29 is 19.3 Å². The molecule has 2 unspecified atom stereocenters. The molecule has 3 rings (SSSR count). The molecule has 1 aliphatic rings. The van der Waals surface area contributed by atoms with Gasteiger partial charge in [-0.3, -0.25) is 14.3 Å². The van der Waals surface area contributed by atoms with Crippen LogP contribution in [0, 0.1) is 18.2 Å². The minimum Gasteiger partial charge on any atom is -0.394 e. The summed E-state index contributed by atoms with van der Waals surface area (Å²) in [5.74, 6) is 1.08. The number of nitrogens with zero attached hydrogens (tertiary/aromatic N) is 2. The van der Waals surface area contributed by atoms with Gasteiger partial charge in [-0.05, 0) is 0 Å². The topological polar surface area (TPSA) is 126 Å². The van der Waals surface area contributed by atoms with E-state index in [4.69, 9.17) is 28.5 Å². The molecule has 8 nitrogen and oxygen atoms in total. The van der Waals surface area contributed by atoms with E-state index in [1.807, 2.05) is 0 Å². The molecule has 5 N–H and O–H groups in total. The quantitative estimate of drug-likeness (QED) is 0.422. The SMILES string of the molecule is C#CC1(Cl)C(O)[C@@H](CO)O[C@H]1n1cc(F)c2c(=O)[nH]c(N)nc21. The Balaban J connectivity index is 2.25. The van der Waals surface area contributed by atoms with Crippen LogP contribution in [0.4, 0.5) is 10.3 Å². The van der Waals surface area contributed by atoms with E-state index >= 15 is 0 Å². The zero-order chi connectivity index (χ0) is 16.9. The summed E-state index contributed by atoms with van der Waals surface area (Å²) in [6, 6.07) is 0. The predicted molar refractivity (Wildman–Crippen MR) is 79.1 cm³/mol. The van der Waals surface area contributed by atoms with Crippen molar-refractivity contribution in [3.8, 4) is 12.3 Å². The van der Waals surface area contributed by atoms with E-state index in [0.29, 0.717) is 0 Å². The van der Waals surface area contributed by atoms with E-state index in [9.17, 15) is 19.4 Å². The van der Waals surface area contributed by atoms with Crippen LogP contribution >= 0.6 is 11.6 Å². The van der Waals surface area contributed by atoms with Gasteiger partial charge in [0.25, 0.3) is 5.56 Å². The number of rotatable bonds is 2. The number of halogens is 2. The number of alkyl halides is 1. The van der Waals surface area contributed by atoms with E-state index in [-0.39, 0.29) is 17.0 Å². The fraction of sp³-hybridized carbons (Fsp3) is 0.385. The van der Waals surface area contributed by atoms with Crippen LogP contribution in [0.5, 0.6) is 0 Å². The number of aliphatic hydroxyl groups is 2. The Bertz CT molecular complexity index is 875. The van der Waals surface area contributed by atoms with Gasteiger partial charge >= 0.3 is 0 Å². The molecule has 0 saturated carbocycles. The second-order valence-electron chi connectivity index (χ2n) is 5.10. The second kappa shape index (κ2) is 5.21. The molecule has 23 heavy (non-hydrogen) atoms. The number of hydrogen-bond donors (Lipinski definition) is 4. The number of aromatic amines is 1. The molecule has 3 heterocycles. The van der Waals surface area contributed by atoms with Crippen LogP contribution in [-0.2, 0) is 4.74 Å². The van der Waals surface area contributed by atoms with Crippen molar-refractivity contribution in [3.63, 3.8) is 0 Å². The van der Waals surface area contributed by atoms with Gasteiger partial charge in [0.1, 0.15) is 17.6 Å². The zero-order valence-electron chi connectivity index (χ0n) is 11.5. The van der Waals surface area contributed by atoms with Crippen molar-refractivity contribution in [2.45, 2.75) is 23.3 Å². The zero-order valence-corrected chi connectivity index (χ0v) is 12.3. The van der Waals surface area contributed by atoms with Crippen LogP contribution in [0.25, 0.3) is 11.0 Å². The molecule has 4 atom stereocenters. The Morgan fingerprint density at radius 3 is 3.00 bits per heavy atom. The van der Waals surface area contributed by atoms with Crippen LogP contribution in [0.15, 0.2) is 11.0 Å². The van der Waals surface area contributed by atoms with Gasteiger partial charge in [0.15, 0.2) is 22.6 Å². The second-order valence-corrected chi connectivity index (χ2v) is 5.73. The van der Waals surface area contributed by atoms with Crippen LogP contribution in [0.2, 0.25) is 0 Å². The fourth-order valence-electron chi connectivity index (χ4n) is 2.63. The van der Waals surface area contributed by atoms with Crippen molar-refractivity contribution in [1.82, 2.24) is 14.5 Å². The molecule has 0 bridgehead atoms. The summed E-state index contributed by atoms with van der Waals surface area (Å²) in [5.41, 5.74) is 4.56. The van der Waals surface area contributed by atoms with E-state index in [1.165, 1.54) is 0 Å². The normalized spacial score (nSPS) is 30.7. The van der Waals surface area contributed by atoms with Gasteiger partial charge in [-0.15, -0.1) is 6.42 Å². The molecular formula is C13H12ClFN4O4. The van der Waals surface area contributed by atoms with Crippen LogP contribution in [0.3, 0.4) is 0 Å².